The van der Waals surface area contributed by atoms with Gasteiger partial charge >= 0.3 is 0 Å². The molecular weight excluding hydrogens is 296 g/mol. The molecule has 2 atom stereocenters. The Morgan fingerprint density at radius 3 is 2.50 bits per heavy atom. The molecule has 110 valence electrons. The topological polar surface area (TPSA) is 40.6 Å². The van der Waals surface area contributed by atoms with E-state index in [1.165, 1.54) is 0 Å². The molecule has 4 nitrogen and oxygen atoms in total. The number of hydrogen-bond acceptors (Lipinski definition) is 3. The normalized spacial score (nSPS) is 28.5. The molecule has 0 unspecified atom stereocenters. The van der Waals surface area contributed by atoms with Crippen LogP contribution in [0, 0.1) is 5.92 Å². The van der Waals surface area contributed by atoms with Gasteiger partial charge in [0.05, 0.1) is 4.90 Å². The fourth-order valence-corrected chi connectivity index (χ4v) is 5.16. The van der Waals surface area contributed by atoms with Crippen LogP contribution in [0.1, 0.15) is 12.8 Å². The van der Waals surface area contributed by atoms with Gasteiger partial charge in [0, 0.05) is 30.7 Å². The van der Waals surface area contributed by atoms with E-state index >= 15 is 0 Å². The van der Waals surface area contributed by atoms with Crippen molar-refractivity contribution in [1.29, 1.82) is 0 Å². The molecule has 0 amide bonds. The molecule has 0 aromatic heterocycles. The number of hydrogen-bond donors (Lipinski definition) is 0. The molecule has 0 saturated carbocycles. The average Bonchev–Trinajstić information content (AvgIpc) is 2.68. The average molecular weight is 315 g/mol. The van der Waals surface area contributed by atoms with Crippen molar-refractivity contribution in [3.05, 3.63) is 29.3 Å². The minimum Gasteiger partial charge on any atom is -0.304 e. The van der Waals surface area contributed by atoms with Gasteiger partial charge in [0.2, 0.25) is 10.0 Å². The van der Waals surface area contributed by atoms with Crippen LogP contribution >= 0.6 is 11.6 Å². The molecule has 0 spiro atoms. The van der Waals surface area contributed by atoms with Crippen molar-refractivity contribution in [2.45, 2.75) is 23.8 Å². The van der Waals surface area contributed by atoms with Gasteiger partial charge in [0.1, 0.15) is 0 Å². The molecule has 3 heterocycles. The van der Waals surface area contributed by atoms with Gasteiger partial charge in [-0.1, -0.05) is 11.6 Å². The minimum absolute atomic E-state index is 0.0967. The predicted octanol–water partition coefficient (Wildman–Crippen LogP) is 2.05. The van der Waals surface area contributed by atoms with Crippen LogP contribution in [-0.4, -0.2) is 50.3 Å². The van der Waals surface area contributed by atoms with Gasteiger partial charge in [-0.05, 0) is 50.1 Å². The summed E-state index contributed by atoms with van der Waals surface area (Å²) in [5.41, 5.74) is 0. The van der Waals surface area contributed by atoms with Crippen LogP contribution in [0.4, 0.5) is 0 Å². The lowest BCUT2D eigenvalue weighted by Gasteiger charge is -2.35. The molecule has 1 aromatic carbocycles. The number of fused-ring (bicyclic) bond motifs is 4. The molecule has 0 radical (unpaired) electrons. The van der Waals surface area contributed by atoms with Crippen LogP contribution in [0.5, 0.6) is 0 Å². The van der Waals surface area contributed by atoms with Crippen molar-refractivity contribution < 1.29 is 8.42 Å². The molecule has 20 heavy (non-hydrogen) atoms. The summed E-state index contributed by atoms with van der Waals surface area (Å²) in [5.74, 6) is 0.445. The predicted molar refractivity (Wildman–Crippen MR) is 79.4 cm³/mol. The van der Waals surface area contributed by atoms with Gasteiger partial charge in [-0.2, -0.15) is 4.31 Å². The SMILES string of the molecule is CN1C[C@H]2CC[C@@H](C1)N(S(=O)(=O)c1ccc(Cl)cc1)C2. The molecule has 3 aliphatic rings. The fraction of sp³-hybridized carbons (Fsp3) is 0.571. The summed E-state index contributed by atoms with van der Waals surface area (Å²) in [6.07, 6.45) is 2.09. The highest BCUT2D eigenvalue weighted by molar-refractivity contribution is 7.89. The zero-order valence-corrected chi connectivity index (χ0v) is 13.1. The van der Waals surface area contributed by atoms with Crippen molar-refractivity contribution in [1.82, 2.24) is 9.21 Å². The maximum absolute atomic E-state index is 12.8. The van der Waals surface area contributed by atoms with E-state index in [1.807, 2.05) is 0 Å². The maximum atomic E-state index is 12.8. The first kappa shape index (κ1) is 14.3. The van der Waals surface area contributed by atoms with E-state index in [2.05, 4.69) is 11.9 Å². The fourth-order valence-electron chi connectivity index (χ4n) is 3.31. The van der Waals surface area contributed by atoms with Crippen molar-refractivity contribution in [2.75, 3.05) is 26.7 Å². The summed E-state index contributed by atoms with van der Waals surface area (Å²) in [7, 11) is -1.34. The Morgan fingerprint density at radius 1 is 1.10 bits per heavy atom. The second-order valence-corrected chi connectivity index (χ2v) is 8.17. The van der Waals surface area contributed by atoms with Gasteiger partial charge in [-0.25, -0.2) is 8.42 Å². The third kappa shape index (κ3) is 2.60. The summed E-state index contributed by atoms with van der Waals surface area (Å²) in [4.78, 5) is 2.59. The zero-order valence-electron chi connectivity index (χ0n) is 11.5. The summed E-state index contributed by atoms with van der Waals surface area (Å²) in [6.45, 7) is 2.45. The Balaban J connectivity index is 1.93. The second kappa shape index (κ2) is 5.30. The Bertz CT molecular complexity index is 588. The minimum atomic E-state index is -3.41. The van der Waals surface area contributed by atoms with E-state index in [4.69, 9.17) is 11.6 Å². The van der Waals surface area contributed by atoms with E-state index in [0.29, 0.717) is 22.4 Å². The number of rotatable bonds is 2. The third-order valence-corrected chi connectivity index (χ3v) is 6.45. The number of benzene rings is 1. The summed E-state index contributed by atoms with van der Waals surface area (Å²) in [6, 6.07) is 6.56. The van der Waals surface area contributed by atoms with Crippen LogP contribution in [-0.2, 0) is 10.0 Å². The van der Waals surface area contributed by atoms with Crippen molar-refractivity contribution in [2.24, 2.45) is 5.92 Å². The number of likely N-dealkylation sites (N-methyl/N-ethyl adjacent to an activating group) is 1. The van der Waals surface area contributed by atoms with Gasteiger partial charge in [-0.3, -0.25) is 0 Å². The lowest BCUT2D eigenvalue weighted by Crippen LogP contribution is -2.47. The Hall–Kier alpha value is -0.620. The second-order valence-electron chi connectivity index (χ2n) is 5.85. The number of piperidine rings is 1. The molecule has 1 aromatic rings. The first-order valence-electron chi connectivity index (χ1n) is 6.93. The van der Waals surface area contributed by atoms with Crippen LogP contribution in [0.2, 0.25) is 5.02 Å². The largest absolute Gasteiger partial charge is 0.304 e. The molecular formula is C14H19ClN2O2S. The van der Waals surface area contributed by atoms with Gasteiger partial charge < -0.3 is 4.90 Å². The standard InChI is InChI=1S/C14H19ClN2O2S/c1-16-8-11-2-5-13(10-16)17(9-11)20(18,19)14-6-3-12(15)4-7-14/h3-4,6-7,11,13H,2,5,8-10H2,1H3/t11-,13+/m1/s1. The Morgan fingerprint density at radius 2 is 1.80 bits per heavy atom. The zero-order chi connectivity index (χ0) is 14.3. The van der Waals surface area contributed by atoms with E-state index in [0.717, 1.165) is 25.9 Å². The summed E-state index contributed by atoms with van der Waals surface area (Å²) in [5, 5.41) is 0.557. The van der Waals surface area contributed by atoms with Gasteiger partial charge in [0.15, 0.2) is 0 Å². The molecule has 6 heteroatoms. The summed E-state index contributed by atoms with van der Waals surface area (Å²) < 4.78 is 27.3. The first-order valence-corrected chi connectivity index (χ1v) is 8.74. The molecule has 3 aliphatic heterocycles. The maximum Gasteiger partial charge on any atom is 0.243 e. The lowest BCUT2D eigenvalue weighted by atomic mass is 9.97. The molecule has 3 saturated heterocycles. The third-order valence-electron chi connectivity index (χ3n) is 4.27. The van der Waals surface area contributed by atoms with Crippen LogP contribution in [0.15, 0.2) is 29.2 Å². The number of sulfonamides is 1. The van der Waals surface area contributed by atoms with Crippen LogP contribution < -0.4 is 0 Å². The van der Waals surface area contributed by atoms with E-state index in [-0.39, 0.29) is 6.04 Å². The van der Waals surface area contributed by atoms with Crippen molar-refractivity contribution in [3.8, 4) is 0 Å². The quantitative estimate of drug-likeness (QED) is 0.839. The number of nitrogens with zero attached hydrogens (tertiary/aromatic N) is 2. The highest BCUT2D eigenvalue weighted by Gasteiger charge is 2.40. The van der Waals surface area contributed by atoms with Crippen LogP contribution in [0.3, 0.4) is 0 Å². The summed E-state index contributed by atoms with van der Waals surface area (Å²) >= 11 is 5.84. The smallest absolute Gasteiger partial charge is 0.243 e. The highest BCUT2D eigenvalue weighted by atomic mass is 35.5. The molecule has 0 N–H and O–H groups in total. The highest BCUT2D eigenvalue weighted by Crippen LogP contribution is 2.32. The van der Waals surface area contributed by atoms with Gasteiger partial charge in [-0.15, -0.1) is 0 Å². The van der Waals surface area contributed by atoms with Crippen molar-refractivity contribution in [3.63, 3.8) is 0 Å². The van der Waals surface area contributed by atoms with Crippen LogP contribution in [0.25, 0.3) is 0 Å². The lowest BCUT2D eigenvalue weighted by molar-refractivity contribution is 0.229. The first-order chi connectivity index (χ1) is 9.46. The van der Waals surface area contributed by atoms with E-state index < -0.39 is 10.0 Å². The number of halogens is 1. The molecule has 4 rings (SSSR count). The van der Waals surface area contributed by atoms with Gasteiger partial charge in [0.25, 0.3) is 0 Å². The monoisotopic (exact) mass is 314 g/mol. The Labute approximate surface area is 125 Å². The molecule has 3 fully saturated rings. The Kier molecular flexibility index (Phi) is 3.79. The van der Waals surface area contributed by atoms with Crippen molar-refractivity contribution >= 4 is 21.6 Å². The van der Waals surface area contributed by atoms with E-state index in [1.54, 1.807) is 28.6 Å². The van der Waals surface area contributed by atoms with E-state index in [9.17, 15) is 8.42 Å². The molecule has 0 aliphatic carbocycles. The molecule has 2 bridgehead atoms.